The minimum atomic E-state index is -0.0981. The molecule has 1 atom stereocenters. The zero-order valence-corrected chi connectivity index (χ0v) is 10.5. The number of carbonyl (C=O) groups excluding carboxylic acids is 1. The summed E-state index contributed by atoms with van der Waals surface area (Å²) in [7, 11) is 1.69. The van der Waals surface area contributed by atoms with Crippen molar-refractivity contribution in [2.24, 2.45) is 18.7 Å². The summed E-state index contributed by atoms with van der Waals surface area (Å²) in [5.41, 5.74) is 6.01. The number of aromatic nitrogens is 3. The highest BCUT2D eigenvalue weighted by Gasteiger charge is 2.27. The van der Waals surface area contributed by atoms with Gasteiger partial charge in [0.2, 0.25) is 0 Å². The monoisotopic (exact) mass is 253 g/mol. The smallest absolute Gasteiger partial charge is 0.276 e. The maximum Gasteiger partial charge on any atom is 0.276 e. The molecule has 1 aliphatic heterocycles. The number of thiocarbonyl (C=S) groups is 1. The summed E-state index contributed by atoms with van der Waals surface area (Å²) < 4.78 is 0. The van der Waals surface area contributed by atoms with Gasteiger partial charge in [-0.15, -0.1) is 5.10 Å². The lowest BCUT2D eigenvalue weighted by atomic mass is 9.98. The highest BCUT2D eigenvalue weighted by Crippen LogP contribution is 2.18. The Morgan fingerprint density at radius 2 is 2.41 bits per heavy atom. The Morgan fingerprint density at radius 1 is 1.65 bits per heavy atom. The van der Waals surface area contributed by atoms with Crippen molar-refractivity contribution in [1.29, 1.82) is 0 Å². The molecule has 6 nitrogen and oxygen atoms in total. The molecule has 1 saturated heterocycles. The molecule has 17 heavy (non-hydrogen) atoms. The molecule has 0 bridgehead atoms. The molecule has 1 aromatic heterocycles. The van der Waals surface area contributed by atoms with E-state index in [1.54, 1.807) is 11.9 Å². The molecule has 2 rings (SSSR count). The second-order valence-electron chi connectivity index (χ2n) is 4.21. The van der Waals surface area contributed by atoms with Gasteiger partial charge in [0, 0.05) is 26.1 Å². The van der Waals surface area contributed by atoms with Gasteiger partial charge in [0.25, 0.3) is 5.91 Å². The summed E-state index contributed by atoms with van der Waals surface area (Å²) in [6, 6.07) is 0. The van der Waals surface area contributed by atoms with Crippen LogP contribution < -0.4 is 5.73 Å². The molecule has 1 aromatic rings. The molecule has 1 amide bonds. The van der Waals surface area contributed by atoms with Gasteiger partial charge in [-0.25, -0.2) is 0 Å². The fourth-order valence-electron chi connectivity index (χ4n) is 2.00. The number of hydrogen-bond donors (Lipinski definition) is 1. The van der Waals surface area contributed by atoms with Crippen LogP contribution in [0.25, 0.3) is 0 Å². The summed E-state index contributed by atoms with van der Waals surface area (Å²) >= 11 is 4.98. The summed E-state index contributed by atoms with van der Waals surface area (Å²) in [6.45, 7) is 1.32. The molecule has 0 aromatic carbocycles. The Bertz CT molecular complexity index is 444. The van der Waals surface area contributed by atoms with E-state index in [4.69, 9.17) is 18.0 Å². The highest BCUT2D eigenvalue weighted by molar-refractivity contribution is 7.80. The number of piperidine rings is 1. The number of hydrogen-bond acceptors (Lipinski definition) is 4. The first-order chi connectivity index (χ1) is 8.08. The maximum atomic E-state index is 12.1. The molecule has 2 N–H and O–H groups in total. The highest BCUT2D eigenvalue weighted by atomic mass is 32.1. The molecule has 0 spiro atoms. The lowest BCUT2D eigenvalue weighted by Gasteiger charge is -2.31. The van der Waals surface area contributed by atoms with Gasteiger partial charge in [0.15, 0.2) is 5.69 Å². The summed E-state index contributed by atoms with van der Waals surface area (Å²) in [6.07, 6.45) is 3.36. The molecule has 1 aliphatic rings. The van der Waals surface area contributed by atoms with E-state index in [0.29, 0.717) is 17.2 Å². The van der Waals surface area contributed by atoms with E-state index in [2.05, 4.69) is 10.2 Å². The van der Waals surface area contributed by atoms with Crippen LogP contribution in [0, 0.1) is 5.92 Å². The van der Waals surface area contributed by atoms with Crippen LogP contribution in [0.5, 0.6) is 0 Å². The van der Waals surface area contributed by atoms with E-state index in [1.165, 1.54) is 11.0 Å². The van der Waals surface area contributed by atoms with E-state index < -0.39 is 0 Å². The maximum absolute atomic E-state index is 12.1. The molecule has 1 fully saturated rings. The molecule has 2 heterocycles. The number of nitrogens with two attached hydrogens (primary N) is 1. The third kappa shape index (κ3) is 2.60. The summed E-state index contributed by atoms with van der Waals surface area (Å²) in [4.78, 5) is 15.7. The van der Waals surface area contributed by atoms with Gasteiger partial charge < -0.3 is 10.6 Å². The predicted octanol–water partition coefficient (Wildman–Crippen LogP) is -0.0466. The van der Waals surface area contributed by atoms with Crippen LogP contribution in [-0.4, -0.2) is 43.9 Å². The third-order valence-corrected chi connectivity index (χ3v) is 3.26. The largest absolute Gasteiger partial charge is 0.393 e. The van der Waals surface area contributed by atoms with Crippen LogP contribution in [0.3, 0.4) is 0 Å². The lowest BCUT2D eigenvalue weighted by molar-refractivity contribution is 0.0697. The number of amides is 1. The fraction of sp³-hybridized carbons (Fsp3) is 0.600. The van der Waals surface area contributed by atoms with Crippen LogP contribution in [-0.2, 0) is 7.05 Å². The second-order valence-corrected chi connectivity index (χ2v) is 4.68. The van der Waals surface area contributed by atoms with Gasteiger partial charge in [-0.1, -0.05) is 12.2 Å². The zero-order chi connectivity index (χ0) is 12.4. The van der Waals surface area contributed by atoms with Crippen molar-refractivity contribution in [3.8, 4) is 0 Å². The van der Waals surface area contributed by atoms with Crippen LogP contribution in [0.4, 0.5) is 0 Å². The molecule has 1 unspecified atom stereocenters. The van der Waals surface area contributed by atoms with Crippen molar-refractivity contribution in [2.45, 2.75) is 12.8 Å². The van der Waals surface area contributed by atoms with Crippen molar-refractivity contribution < 1.29 is 4.79 Å². The lowest BCUT2D eigenvalue weighted by Crippen LogP contribution is -2.43. The van der Waals surface area contributed by atoms with Crippen molar-refractivity contribution >= 4 is 23.1 Å². The molecule has 7 heteroatoms. The van der Waals surface area contributed by atoms with E-state index in [1.807, 2.05) is 0 Å². The van der Waals surface area contributed by atoms with Crippen molar-refractivity contribution in [3.05, 3.63) is 11.9 Å². The topological polar surface area (TPSA) is 77.0 Å². The Labute approximate surface area is 105 Å². The summed E-state index contributed by atoms with van der Waals surface area (Å²) in [5, 5.41) is 7.90. The number of rotatable bonds is 2. The number of likely N-dealkylation sites (tertiary alicyclic amines) is 1. The van der Waals surface area contributed by atoms with E-state index >= 15 is 0 Å². The van der Waals surface area contributed by atoms with E-state index in [-0.39, 0.29) is 11.8 Å². The van der Waals surface area contributed by atoms with Gasteiger partial charge in [-0.3, -0.25) is 4.79 Å². The standard InChI is InChI=1S/C10H15N5OS/c1-14-12-5-8(13-14)10(16)15-4-2-3-7(6-15)9(11)17/h5,7H,2-4,6H2,1H3,(H2,11,17). The van der Waals surface area contributed by atoms with Crippen molar-refractivity contribution in [1.82, 2.24) is 19.9 Å². The second kappa shape index (κ2) is 4.79. The predicted molar refractivity (Wildman–Crippen MR) is 66.4 cm³/mol. The SMILES string of the molecule is Cn1ncc(C(=O)N2CCCC(C(N)=S)C2)n1. The van der Waals surface area contributed by atoms with Crippen LogP contribution in [0.15, 0.2) is 6.20 Å². The molecule has 92 valence electrons. The van der Waals surface area contributed by atoms with Crippen molar-refractivity contribution in [3.63, 3.8) is 0 Å². The average Bonchev–Trinajstić information content (AvgIpc) is 2.75. The molecular weight excluding hydrogens is 238 g/mol. The average molecular weight is 253 g/mol. The van der Waals surface area contributed by atoms with Crippen LogP contribution in [0.1, 0.15) is 23.3 Å². The Kier molecular flexibility index (Phi) is 3.37. The molecular formula is C10H15N5OS. The first kappa shape index (κ1) is 12.0. The van der Waals surface area contributed by atoms with Gasteiger partial charge in [0.05, 0.1) is 11.2 Å². The van der Waals surface area contributed by atoms with Crippen molar-refractivity contribution in [2.75, 3.05) is 13.1 Å². The van der Waals surface area contributed by atoms with E-state index in [9.17, 15) is 4.79 Å². The van der Waals surface area contributed by atoms with Gasteiger partial charge >= 0.3 is 0 Å². The zero-order valence-electron chi connectivity index (χ0n) is 9.67. The number of carbonyl (C=O) groups is 1. The quantitative estimate of drug-likeness (QED) is 0.748. The van der Waals surface area contributed by atoms with Gasteiger partial charge in [-0.05, 0) is 12.8 Å². The minimum Gasteiger partial charge on any atom is -0.393 e. The van der Waals surface area contributed by atoms with Gasteiger partial charge in [-0.2, -0.15) is 9.90 Å². The Hall–Kier alpha value is -1.50. The van der Waals surface area contributed by atoms with Gasteiger partial charge in [0.1, 0.15) is 0 Å². The molecule has 0 aliphatic carbocycles. The van der Waals surface area contributed by atoms with E-state index in [0.717, 1.165) is 19.4 Å². The summed E-state index contributed by atoms with van der Waals surface area (Å²) in [5.74, 6) is 0.0263. The van der Waals surface area contributed by atoms with Crippen LogP contribution in [0.2, 0.25) is 0 Å². The Balaban J connectivity index is 2.07. The fourth-order valence-corrected chi connectivity index (χ4v) is 2.19. The first-order valence-corrected chi connectivity index (χ1v) is 5.93. The molecule has 0 radical (unpaired) electrons. The third-order valence-electron chi connectivity index (χ3n) is 2.93. The number of nitrogens with zero attached hydrogens (tertiary/aromatic N) is 4. The Morgan fingerprint density at radius 3 is 3.00 bits per heavy atom. The van der Waals surface area contributed by atoms with Crippen LogP contribution >= 0.6 is 12.2 Å². The first-order valence-electron chi connectivity index (χ1n) is 5.53. The minimum absolute atomic E-state index is 0.0981. The molecule has 0 saturated carbocycles. The number of aryl methyl sites for hydroxylation is 1. The normalized spacial score (nSPS) is 20.3.